The SMILES string of the molecule is Cc1ccnc(Nc2cccc(-c3cnc([C@H](CC(N)=O)c4ccc(O)cc4)s3)n2)c1. The van der Waals surface area contributed by atoms with Crippen molar-refractivity contribution in [3.8, 4) is 16.3 Å². The average molecular weight is 432 g/mol. The number of aromatic nitrogens is 3. The number of carbonyl (C=O) groups excluding carboxylic acids is 1. The second-order valence-corrected chi connectivity index (χ2v) is 8.19. The molecule has 0 saturated carbocycles. The topological polar surface area (TPSA) is 114 Å². The lowest BCUT2D eigenvalue weighted by molar-refractivity contribution is -0.118. The van der Waals surface area contributed by atoms with E-state index in [1.807, 2.05) is 37.3 Å². The van der Waals surface area contributed by atoms with Crippen LogP contribution >= 0.6 is 11.3 Å². The second-order valence-electron chi connectivity index (χ2n) is 7.13. The number of nitrogens with one attached hydrogen (secondary N) is 1. The quantitative estimate of drug-likeness (QED) is 0.400. The van der Waals surface area contributed by atoms with E-state index in [1.165, 1.54) is 11.3 Å². The van der Waals surface area contributed by atoms with Crippen molar-refractivity contribution in [1.82, 2.24) is 15.0 Å². The highest BCUT2D eigenvalue weighted by atomic mass is 32.1. The summed E-state index contributed by atoms with van der Waals surface area (Å²) in [5.41, 5.74) is 8.22. The molecular formula is C23H21N5O2S. The monoisotopic (exact) mass is 431 g/mol. The first-order valence-corrected chi connectivity index (χ1v) is 10.5. The molecule has 0 aliphatic rings. The highest BCUT2D eigenvalue weighted by Gasteiger charge is 2.21. The fraction of sp³-hybridized carbons (Fsp3) is 0.130. The van der Waals surface area contributed by atoms with Crippen molar-refractivity contribution < 1.29 is 9.90 Å². The molecule has 0 saturated heterocycles. The van der Waals surface area contributed by atoms with Crippen molar-refractivity contribution in [3.05, 3.63) is 83.1 Å². The van der Waals surface area contributed by atoms with E-state index in [2.05, 4.69) is 20.3 Å². The number of anilines is 2. The minimum atomic E-state index is -0.412. The molecule has 1 atom stereocenters. The molecule has 4 aromatic rings. The van der Waals surface area contributed by atoms with Crippen LogP contribution in [-0.4, -0.2) is 26.0 Å². The van der Waals surface area contributed by atoms with Crippen molar-refractivity contribution in [1.29, 1.82) is 0 Å². The largest absolute Gasteiger partial charge is 0.508 e. The molecular weight excluding hydrogens is 410 g/mol. The van der Waals surface area contributed by atoms with Gasteiger partial charge in [0.15, 0.2) is 0 Å². The van der Waals surface area contributed by atoms with E-state index in [4.69, 9.17) is 5.73 Å². The van der Waals surface area contributed by atoms with Crippen molar-refractivity contribution >= 4 is 28.9 Å². The summed E-state index contributed by atoms with van der Waals surface area (Å²) >= 11 is 1.47. The number of nitrogens with zero attached hydrogens (tertiary/aromatic N) is 3. The number of aryl methyl sites for hydroxylation is 1. The van der Waals surface area contributed by atoms with Crippen molar-refractivity contribution in [2.75, 3.05) is 5.32 Å². The molecule has 0 radical (unpaired) electrons. The maximum atomic E-state index is 11.7. The summed E-state index contributed by atoms with van der Waals surface area (Å²) in [6.07, 6.45) is 3.64. The Morgan fingerprint density at radius 1 is 1.13 bits per heavy atom. The Hall–Kier alpha value is -3.78. The number of nitrogens with two attached hydrogens (primary N) is 1. The number of carbonyl (C=O) groups is 1. The van der Waals surface area contributed by atoms with Crippen LogP contribution in [0.4, 0.5) is 11.6 Å². The number of hydrogen-bond donors (Lipinski definition) is 3. The van der Waals surface area contributed by atoms with Crippen LogP contribution in [0.3, 0.4) is 0 Å². The van der Waals surface area contributed by atoms with Crippen molar-refractivity contribution in [3.63, 3.8) is 0 Å². The number of benzene rings is 1. The molecule has 0 spiro atoms. The van der Waals surface area contributed by atoms with E-state index < -0.39 is 5.91 Å². The van der Waals surface area contributed by atoms with Crippen molar-refractivity contribution in [2.24, 2.45) is 5.73 Å². The standard InChI is InChI=1S/C23H21N5O2S/c1-14-9-10-25-22(11-14)28-21-4-2-3-18(27-21)19-13-26-23(31-19)17(12-20(24)30)15-5-7-16(29)8-6-15/h2-11,13,17,29H,12H2,1H3,(H2,24,30)(H,25,27,28)/t17-/m1/s1. The highest BCUT2D eigenvalue weighted by molar-refractivity contribution is 7.15. The maximum absolute atomic E-state index is 11.7. The Bertz CT molecular complexity index is 1210. The van der Waals surface area contributed by atoms with Gasteiger partial charge in [-0.05, 0) is 54.4 Å². The van der Waals surface area contributed by atoms with E-state index in [0.29, 0.717) is 5.82 Å². The Labute approximate surface area is 183 Å². The zero-order valence-electron chi connectivity index (χ0n) is 16.8. The van der Waals surface area contributed by atoms with Gasteiger partial charge in [0.1, 0.15) is 22.4 Å². The summed E-state index contributed by atoms with van der Waals surface area (Å²) in [4.78, 5) is 26.1. The molecule has 0 aliphatic carbocycles. The molecule has 8 heteroatoms. The molecule has 156 valence electrons. The number of aromatic hydroxyl groups is 1. The first-order valence-electron chi connectivity index (χ1n) is 9.68. The number of rotatable bonds is 7. The maximum Gasteiger partial charge on any atom is 0.218 e. The van der Waals surface area contributed by atoms with Gasteiger partial charge in [0.05, 0.1) is 10.6 Å². The molecule has 4 N–H and O–H groups in total. The Kier molecular flexibility index (Phi) is 5.90. The average Bonchev–Trinajstić information content (AvgIpc) is 3.23. The summed E-state index contributed by atoms with van der Waals surface area (Å²) in [6, 6.07) is 16.3. The molecule has 0 fully saturated rings. The van der Waals surface area contributed by atoms with Crippen LogP contribution in [0.25, 0.3) is 10.6 Å². The molecule has 0 aliphatic heterocycles. The van der Waals surface area contributed by atoms with Gasteiger partial charge in [-0.2, -0.15) is 0 Å². The van der Waals surface area contributed by atoms with E-state index in [9.17, 15) is 9.90 Å². The number of pyridine rings is 2. The van der Waals surface area contributed by atoms with Crippen LogP contribution in [0.2, 0.25) is 0 Å². The van der Waals surface area contributed by atoms with Gasteiger partial charge in [-0.3, -0.25) is 4.79 Å². The van der Waals surface area contributed by atoms with Gasteiger partial charge < -0.3 is 16.2 Å². The van der Waals surface area contributed by atoms with E-state index in [1.54, 1.807) is 36.7 Å². The predicted octanol–water partition coefficient (Wildman–Crippen LogP) is 4.37. The van der Waals surface area contributed by atoms with Gasteiger partial charge in [0, 0.05) is 24.7 Å². The fourth-order valence-electron chi connectivity index (χ4n) is 3.20. The third kappa shape index (κ3) is 5.04. The number of hydrogen-bond acceptors (Lipinski definition) is 7. The lowest BCUT2D eigenvalue weighted by Gasteiger charge is -2.13. The third-order valence-electron chi connectivity index (χ3n) is 4.70. The minimum Gasteiger partial charge on any atom is -0.508 e. The molecule has 4 rings (SSSR count). The number of amides is 1. The normalized spacial score (nSPS) is 11.8. The number of primary amides is 1. The molecule has 1 amide bonds. The van der Waals surface area contributed by atoms with Gasteiger partial charge in [-0.25, -0.2) is 15.0 Å². The first kappa shape index (κ1) is 20.5. The summed E-state index contributed by atoms with van der Waals surface area (Å²) < 4.78 is 0. The van der Waals surface area contributed by atoms with Gasteiger partial charge in [-0.1, -0.05) is 18.2 Å². The molecule has 7 nitrogen and oxygen atoms in total. The lowest BCUT2D eigenvalue weighted by Crippen LogP contribution is -2.16. The van der Waals surface area contributed by atoms with Crippen LogP contribution in [0.5, 0.6) is 5.75 Å². The Balaban J connectivity index is 1.61. The van der Waals surface area contributed by atoms with Crippen LogP contribution in [0, 0.1) is 6.92 Å². The fourth-order valence-corrected chi connectivity index (χ4v) is 4.22. The van der Waals surface area contributed by atoms with Crippen LogP contribution < -0.4 is 11.1 Å². The molecule has 0 bridgehead atoms. The van der Waals surface area contributed by atoms with Crippen LogP contribution in [-0.2, 0) is 4.79 Å². The predicted molar refractivity (Wildman–Crippen MR) is 121 cm³/mol. The summed E-state index contributed by atoms with van der Waals surface area (Å²) in [5.74, 6) is 0.874. The molecule has 1 aromatic carbocycles. The van der Waals surface area contributed by atoms with Gasteiger partial charge in [-0.15, -0.1) is 11.3 Å². The number of thiazole rings is 1. The van der Waals surface area contributed by atoms with E-state index in [0.717, 1.165) is 32.5 Å². The zero-order valence-corrected chi connectivity index (χ0v) is 17.6. The highest BCUT2D eigenvalue weighted by Crippen LogP contribution is 2.35. The second kappa shape index (κ2) is 8.93. The minimum absolute atomic E-state index is 0.131. The van der Waals surface area contributed by atoms with E-state index in [-0.39, 0.29) is 18.1 Å². The summed E-state index contributed by atoms with van der Waals surface area (Å²) in [7, 11) is 0. The molecule has 31 heavy (non-hydrogen) atoms. The number of phenols is 1. The Morgan fingerprint density at radius 2 is 1.94 bits per heavy atom. The summed E-state index contributed by atoms with van der Waals surface area (Å²) in [5, 5.41) is 13.5. The molecule has 0 unspecified atom stereocenters. The van der Waals surface area contributed by atoms with Gasteiger partial charge >= 0.3 is 0 Å². The zero-order chi connectivity index (χ0) is 21.8. The van der Waals surface area contributed by atoms with Gasteiger partial charge in [0.2, 0.25) is 5.91 Å². The summed E-state index contributed by atoms with van der Waals surface area (Å²) in [6.45, 7) is 2.01. The van der Waals surface area contributed by atoms with Crippen molar-refractivity contribution in [2.45, 2.75) is 19.3 Å². The van der Waals surface area contributed by atoms with Crippen LogP contribution in [0.1, 0.15) is 28.5 Å². The smallest absolute Gasteiger partial charge is 0.218 e. The van der Waals surface area contributed by atoms with Crippen LogP contribution in [0.15, 0.2) is 67.0 Å². The lowest BCUT2D eigenvalue weighted by atomic mass is 9.96. The Morgan fingerprint density at radius 3 is 2.68 bits per heavy atom. The molecule has 3 heterocycles. The van der Waals surface area contributed by atoms with E-state index >= 15 is 0 Å². The number of phenolic OH excluding ortho intramolecular Hbond substituents is 1. The van der Waals surface area contributed by atoms with Gasteiger partial charge in [0.25, 0.3) is 0 Å². The molecule has 3 aromatic heterocycles. The first-order chi connectivity index (χ1) is 15.0. The third-order valence-corrected chi connectivity index (χ3v) is 5.83.